The van der Waals surface area contributed by atoms with Crippen LogP contribution in [0.25, 0.3) is 11.0 Å². The standard InChI is InChI=1S/C15H20O2S.C6H4ClN3/c1-10-4-6-11(7-5-10)18-13-9-8-12-14(13)17-15(2,3)16-12;7-5-4-1-2-8-6(4)10-3-9-5/h4-7,12-14H,8-9H2,1-3H3;1-3H,(H,8,9,10). The predicted octanol–water partition coefficient (Wildman–Crippen LogP) is 5.38. The summed E-state index contributed by atoms with van der Waals surface area (Å²) in [4.78, 5) is 12.0. The molecule has 0 amide bonds. The van der Waals surface area contributed by atoms with Gasteiger partial charge in [0.05, 0.1) is 17.6 Å². The number of aryl methyl sites for hydroxylation is 1. The van der Waals surface area contributed by atoms with E-state index in [9.17, 15) is 0 Å². The minimum Gasteiger partial charge on any atom is -0.346 e. The van der Waals surface area contributed by atoms with E-state index in [0.717, 1.165) is 17.5 Å². The van der Waals surface area contributed by atoms with Crippen molar-refractivity contribution < 1.29 is 9.47 Å². The topological polar surface area (TPSA) is 60.0 Å². The van der Waals surface area contributed by atoms with E-state index in [1.54, 1.807) is 6.20 Å². The number of benzene rings is 1. The summed E-state index contributed by atoms with van der Waals surface area (Å²) in [5.41, 5.74) is 2.09. The van der Waals surface area contributed by atoms with Crippen molar-refractivity contribution in [1.82, 2.24) is 15.0 Å². The third-order valence-corrected chi connectivity index (χ3v) is 6.59. The Morgan fingerprint density at radius 1 is 1.11 bits per heavy atom. The average molecular weight is 418 g/mol. The van der Waals surface area contributed by atoms with Crippen LogP contribution < -0.4 is 0 Å². The van der Waals surface area contributed by atoms with E-state index in [-0.39, 0.29) is 6.10 Å². The number of hydrogen-bond acceptors (Lipinski definition) is 5. The molecule has 0 spiro atoms. The van der Waals surface area contributed by atoms with Crippen LogP contribution in [0.2, 0.25) is 5.15 Å². The lowest BCUT2D eigenvalue weighted by Crippen LogP contribution is -2.26. The van der Waals surface area contributed by atoms with Gasteiger partial charge in [-0.3, -0.25) is 0 Å². The van der Waals surface area contributed by atoms with Gasteiger partial charge in [0.15, 0.2) is 5.79 Å². The van der Waals surface area contributed by atoms with Gasteiger partial charge in [-0.1, -0.05) is 29.3 Å². The lowest BCUT2D eigenvalue weighted by atomic mass is 10.2. The minimum absolute atomic E-state index is 0.256. The first-order valence-electron chi connectivity index (χ1n) is 9.44. The van der Waals surface area contributed by atoms with Crippen molar-refractivity contribution in [3.05, 3.63) is 53.6 Å². The first kappa shape index (κ1) is 19.7. The second-order valence-electron chi connectivity index (χ2n) is 7.59. The number of H-pyrrole nitrogens is 1. The molecule has 1 N–H and O–H groups in total. The Bertz CT molecular complexity index is 944. The summed E-state index contributed by atoms with van der Waals surface area (Å²) < 4.78 is 12.0. The number of fused-ring (bicyclic) bond motifs is 2. The number of hydrogen-bond donors (Lipinski definition) is 1. The molecule has 7 heteroatoms. The van der Waals surface area contributed by atoms with E-state index in [1.165, 1.54) is 23.2 Å². The molecular formula is C21H24ClN3O2S. The highest BCUT2D eigenvalue weighted by Gasteiger charge is 2.49. The monoisotopic (exact) mass is 417 g/mol. The van der Waals surface area contributed by atoms with Crippen molar-refractivity contribution in [1.29, 1.82) is 0 Å². The second-order valence-corrected chi connectivity index (χ2v) is 9.26. The van der Waals surface area contributed by atoms with Gasteiger partial charge in [-0.25, -0.2) is 9.97 Å². The zero-order chi connectivity index (χ0) is 19.7. The molecular weight excluding hydrogens is 394 g/mol. The van der Waals surface area contributed by atoms with E-state index >= 15 is 0 Å². The van der Waals surface area contributed by atoms with Gasteiger partial charge in [-0.2, -0.15) is 0 Å². The molecule has 0 bridgehead atoms. The van der Waals surface area contributed by atoms with Crippen molar-refractivity contribution in [3.8, 4) is 0 Å². The summed E-state index contributed by atoms with van der Waals surface area (Å²) in [6.45, 7) is 6.15. The van der Waals surface area contributed by atoms with Gasteiger partial charge in [0, 0.05) is 16.3 Å². The number of nitrogens with zero attached hydrogens (tertiary/aromatic N) is 2. The van der Waals surface area contributed by atoms with E-state index in [2.05, 4.69) is 46.1 Å². The zero-order valence-corrected chi connectivity index (χ0v) is 17.8. The summed E-state index contributed by atoms with van der Waals surface area (Å²) in [5, 5.41) is 1.88. The van der Waals surface area contributed by atoms with Crippen LogP contribution in [0.5, 0.6) is 0 Å². The Morgan fingerprint density at radius 2 is 1.89 bits per heavy atom. The van der Waals surface area contributed by atoms with E-state index < -0.39 is 5.79 Å². The first-order valence-corrected chi connectivity index (χ1v) is 10.7. The summed E-state index contributed by atoms with van der Waals surface area (Å²) in [5.74, 6) is -0.401. The summed E-state index contributed by atoms with van der Waals surface area (Å²) >= 11 is 7.66. The van der Waals surface area contributed by atoms with E-state index in [4.69, 9.17) is 21.1 Å². The van der Waals surface area contributed by atoms with E-state index in [1.807, 2.05) is 31.7 Å². The van der Waals surface area contributed by atoms with Crippen LogP contribution in [0.4, 0.5) is 0 Å². The molecule has 1 aliphatic heterocycles. The number of thioether (sulfide) groups is 1. The van der Waals surface area contributed by atoms with Gasteiger partial charge in [0.1, 0.15) is 17.1 Å². The normalized spacial score (nSPS) is 25.4. The number of ether oxygens (including phenoxy) is 2. The van der Waals surface area contributed by atoms with Crippen LogP contribution in [0.15, 0.2) is 47.8 Å². The van der Waals surface area contributed by atoms with Gasteiger partial charge in [0.2, 0.25) is 0 Å². The molecule has 28 heavy (non-hydrogen) atoms. The fourth-order valence-electron chi connectivity index (χ4n) is 3.65. The molecule has 3 aromatic rings. The SMILES string of the molecule is Cc1ccc(SC2CCC3OC(C)(C)OC32)cc1.Clc1ncnc2[nH]ccc12. The van der Waals surface area contributed by atoms with Crippen LogP contribution in [-0.4, -0.2) is 38.2 Å². The molecule has 2 aromatic heterocycles. The van der Waals surface area contributed by atoms with Crippen molar-refractivity contribution in [2.75, 3.05) is 0 Å². The maximum absolute atomic E-state index is 6.04. The summed E-state index contributed by atoms with van der Waals surface area (Å²) in [6, 6.07) is 10.6. The lowest BCUT2D eigenvalue weighted by Gasteiger charge is -2.21. The number of aromatic amines is 1. The molecule has 3 unspecified atom stereocenters. The predicted molar refractivity (Wildman–Crippen MR) is 113 cm³/mol. The first-order chi connectivity index (χ1) is 13.4. The highest BCUT2D eigenvalue weighted by atomic mass is 35.5. The van der Waals surface area contributed by atoms with Crippen molar-refractivity contribution in [3.63, 3.8) is 0 Å². The fraction of sp³-hybridized carbons (Fsp3) is 0.429. The minimum atomic E-state index is -0.401. The van der Waals surface area contributed by atoms with Gasteiger partial charge in [-0.15, -0.1) is 11.8 Å². The molecule has 1 saturated carbocycles. The Morgan fingerprint density at radius 3 is 2.64 bits per heavy atom. The van der Waals surface area contributed by atoms with Gasteiger partial charge >= 0.3 is 0 Å². The number of nitrogens with one attached hydrogen (secondary N) is 1. The highest BCUT2D eigenvalue weighted by molar-refractivity contribution is 8.00. The number of aromatic nitrogens is 3. The maximum Gasteiger partial charge on any atom is 0.163 e. The van der Waals surface area contributed by atoms with Crippen LogP contribution >= 0.6 is 23.4 Å². The van der Waals surface area contributed by atoms with Crippen LogP contribution in [0.3, 0.4) is 0 Å². The third kappa shape index (κ3) is 4.35. The third-order valence-electron chi connectivity index (χ3n) is 4.94. The number of rotatable bonds is 2. The molecule has 1 saturated heterocycles. The molecule has 0 radical (unpaired) electrons. The second kappa shape index (κ2) is 8.03. The fourth-order valence-corrected chi connectivity index (χ4v) is 5.11. The molecule has 2 aliphatic rings. The Balaban J connectivity index is 0.000000162. The molecule has 2 fully saturated rings. The summed E-state index contributed by atoms with van der Waals surface area (Å²) in [7, 11) is 0. The molecule has 3 atom stereocenters. The van der Waals surface area contributed by atoms with Gasteiger partial charge in [-0.05, 0) is 51.8 Å². The Kier molecular flexibility index (Phi) is 5.65. The van der Waals surface area contributed by atoms with Crippen LogP contribution in [0, 0.1) is 6.92 Å². The Labute approximate surface area is 174 Å². The average Bonchev–Trinajstić information content (AvgIpc) is 3.33. The van der Waals surface area contributed by atoms with Crippen molar-refractivity contribution in [2.45, 2.75) is 61.8 Å². The molecule has 5 rings (SSSR count). The molecule has 3 heterocycles. The molecule has 148 valence electrons. The highest BCUT2D eigenvalue weighted by Crippen LogP contribution is 2.44. The van der Waals surface area contributed by atoms with Crippen LogP contribution in [-0.2, 0) is 9.47 Å². The lowest BCUT2D eigenvalue weighted by molar-refractivity contribution is -0.150. The largest absolute Gasteiger partial charge is 0.346 e. The number of halogens is 1. The quantitative estimate of drug-likeness (QED) is 0.567. The Hall–Kier alpha value is -1.60. The smallest absolute Gasteiger partial charge is 0.163 e. The van der Waals surface area contributed by atoms with Crippen molar-refractivity contribution >= 4 is 34.4 Å². The molecule has 1 aromatic carbocycles. The van der Waals surface area contributed by atoms with Gasteiger partial charge < -0.3 is 14.5 Å². The molecule has 5 nitrogen and oxygen atoms in total. The molecule has 1 aliphatic carbocycles. The summed E-state index contributed by atoms with van der Waals surface area (Å²) in [6.07, 6.45) is 6.07. The van der Waals surface area contributed by atoms with Gasteiger partial charge in [0.25, 0.3) is 0 Å². The van der Waals surface area contributed by atoms with Crippen LogP contribution in [0.1, 0.15) is 32.3 Å². The van der Waals surface area contributed by atoms with Crippen molar-refractivity contribution in [2.24, 2.45) is 0 Å². The zero-order valence-electron chi connectivity index (χ0n) is 16.2. The van der Waals surface area contributed by atoms with E-state index in [0.29, 0.717) is 16.5 Å². The maximum atomic E-state index is 6.04.